The fourth-order valence-corrected chi connectivity index (χ4v) is 5.29. The Labute approximate surface area is 226 Å². The topological polar surface area (TPSA) is 117 Å². The summed E-state index contributed by atoms with van der Waals surface area (Å²) in [5, 5.41) is 14.0. The highest BCUT2D eigenvalue weighted by Crippen LogP contribution is 2.40. The van der Waals surface area contributed by atoms with Gasteiger partial charge in [-0.25, -0.2) is 27.5 Å². The van der Waals surface area contributed by atoms with Crippen LogP contribution in [0, 0.1) is 0 Å². The predicted molar refractivity (Wildman–Crippen MR) is 128 cm³/mol. The standard InChI is InChI=1S/C23H24F7N5O4S/c1-9-4-22(26,27)8-35(9)21(38)16-17(40-20(34-16)19(37)33-13-6-39-7-14(13)36)12-5-31-15(3-11(12)18(24)25)32-10(2)23(28,29)30/h3,5,9-10,13-14,18,36H,4,6-8H2,1-2H3,(H,31,32)(H,33,37)/t9?,10?,13-,14-/m0/s1. The number of carbonyl (C=O) groups excluding carboxylic acids is 2. The van der Waals surface area contributed by atoms with Crippen molar-refractivity contribution in [3.05, 3.63) is 28.5 Å². The molecule has 0 aromatic carbocycles. The van der Waals surface area contributed by atoms with Crippen molar-refractivity contribution < 1.29 is 50.2 Å². The SMILES string of the molecule is CC1CC(F)(F)CN1C(=O)c1nc(C(=O)N[C@H]2COC[C@@H]2O)sc1-c1cnc(NC(C)C(F)(F)F)cc1C(F)F. The summed E-state index contributed by atoms with van der Waals surface area (Å²) in [5.74, 6) is -5.67. The fourth-order valence-electron chi connectivity index (χ4n) is 4.30. The maximum atomic E-state index is 14.1. The largest absolute Gasteiger partial charge is 0.408 e. The highest BCUT2D eigenvalue weighted by atomic mass is 32.1. The molecule has 3 N–H and O–H groups in total. The van der Waals surface area contributed by atoms with E-state index in [0.29, 0.717) is 17.4 Å². The van der Waals surface area contributed by atoms with Gasteiger partial charge < -0.3 is 25.4 Å². The maximum Gasteiger partial charge on any atom is 0.408 e. The number of nitrogens with zero attached hydrogens (tertiary/aromatic N) is 3. The molecular weight excluding hydrogens is 575 g/mol. The zero-order valence-corrected chi connectivity index (χ0v) is 21.8. The summed E-state index contributed by atoms with van der Waals surface area (Å²) in [6.45, 7) is 1.10. The van der Waals surface area contributed by atoms with Crippen LogP contribution >= 0.6 is 11.3 Å². The third kappa shape index (κ3) is 6.30. The molecule has 17 heteroatoms. The summed E-state index contributed by atoms with van der Waals surface area (Å²) >= 11 is 0.495. The molecule has 2 aliphatic heterocycles. The molecule has 2 saturated heterocycles. The van der Waals surface area contributed by atoms with Crippen molar-refractivity contribution in [1.82, 2.24) is 20.2 Å². The molecule has 0 spiro atoms. The van der Waals surface area contributed by atoms with E-state index in [0.717, 1.165) is 18.0 Å². The van der Waals surface area contributed by atoms with Crippen molar-refractivity contribution in [2.24, 2.45) is 0 Å². The number of aliphatic hydroxyl groups is 1. The summed E-state index contributed by atoms with van der Waals surface area (Å²) < 4.78 is 100. The molecule has 0 bridgehead atoms. The van der Waals surface area contributed by atoms with Crippen LogP contribution in [0.2, 0.25) is 0 Å². The van der Waals surface area contributed by atoms with E-state index in [1.165, 1.54) is 6.92 Å². The van der Waals surface area contributed by atoms with Gasteiger partial charge in [0.15, 0.2) is 5.01 Å². The number of ether oxygens (including phenoxy) is 1. The number of halogens is 7. The van der Waals surface area contributed by atoms with Crippen molar-refractivity contribution >= 4 is 29.0 Å². The van der Waals surface area contributed by atoms with Crippen LogP contribution in [0.25, 0.3) is 10.4 Å². The number of hydrogen-bond acceptors (Lipinski definition) is 8. The van der Waals surface area contributed by atoms with Gasteiger partial charge >= 0.3 is 6.18 Å². The van der Waals surface area contributed by atoms with Gasteiger partial charge in [0.05, 0.1) is 36.8 Å². The lowest BCUT2D eigenvalue weighted by atomic mass is 10.1. The van der Waals surface area contributed by atoms with E-state index in [4.69, 9.17) is 4.74 Å². The van der Waals surface area contributed by atoms with Crippen LogP contribution in [0.1, 0.15) is 52.5 Å². The first-order valence-electron chi connectivity index (χ1n) is 12.0. The monoisotopic (exact) mass is 599 g/mol. The summed E-state index contributed by atoms with van der Waals surface area (Å²) in [5.41, 5.74) is -1.81. The molecule has 0 saturated carbocycles. The van der Waals surface area contributed by atoms with Crippen molar-refractivity contribution in [2.75, 3.05) is 25.1 Å². The number of alkyl halides is 7. The smallest absolute Gasteiger partial charge is 0.388 e. The first-order chi connectivity index (χ1) is 18.6. The number of carbonyl (C=O) groups is 2. The van der Waals surface area contributed by atoms with Crippen LogP contribution in [-0.4, -0.2) is 87.9 Å². The van der Waals surface area contributed by atoms with E-state index < -0.39 is 95.2 Å². The Morgan fingerprint density at radius 3 is 2.52 bits per heavy atom. The number of anilines is 1. The van der Waals surface area contributed by atoms with Crippen LogP contribution in [0.5, 0.6) is 0 Å². The summed E-state index contributed by atoms with van der Waals surface area (Å²) in [6, 6.07) is -3.21. The number of amides is 2. The van der Waals surface area contributed by atoms with Crippen LogP contribution in [0.15, 0.2) is 12.3 Å². The Kier molecular flexibility index (Phi) is 8.29. The Bertz CT molecular complexity index is 1270. The predicted octanol–water partition coefficient (Wildman–Crippen LogP) is 3.86. The van der Waals surface area contributed by atoms with Gasteiger partial charge in [-0.3, -0.25) is 9.59 Å². The van der Waals surface area contributed by atoms with E-state index in [1.807, 2.05) is 5.32 Å². The van der Waals surface area contributed by atoms with Gasteiger partial charge in [0.2, 0.25) is 0 Å². The molecule has 220 valence electrons. The molecule has 0 aliphatic carbocycles. The minimum Gasteiger partial charge on any atom is -0.388 e. The van der Waals surface area contributed by atoms with Crippen LogP contribution in [0.3, 0.4) is 0 Å². The number of aliphatic hydroxyl groups excluding tert-OH is 1. The normalized spacial score (nSPS) is 23.5. The van der Waals surface area contributed by atoms with Crippen molar-refractivity contribution in [3.63, 3.8) is 0 Å². The van der Waals surface area contributed by atoms with Crippen LogP contribution in [-0.2, 0) is 4.74 Å². The van der Waals surface area contributed by atoms with Crippen molar-refractivity contribution in [1.29, 1.82) is 0 Å². The van der Waals surface area contributed by atoms with Gasteiger partial charge in [0.25, 0.3) is 24.2 Å². The van der Waals surface area contributed by atoms with Crippen LogP contribution < -0.4 is 10.6 Å². The third-order valence-corrected chi connectivity index (χ3v) is 7.54. The number of rotatable bonds is 7. The highest BCUT2D eigenvalue weighted by Gasteiger charge is 2.46. The van der Waals surface area contributed by atoms with Crippen LogP contribution in [0.4, 0.5) is 36.6 Å². The molecule has 2 fully saturated rings. The van der Waals surface area contributed by atoms with Gasteiger partial charge in [-0.05, 0) is 19.9 Å². The fraction of sp³-hybridized carbons (Fsp3) is 0.565. The Balaban J connectivity index is 1.76. The number of hydrogen-bond donors (Lipinski definition) is 3. The molecule has 4 rings (SSSR count). The van der Waals surface area contributed by atoms with Gasteiger partial charge in [-0.15, -0.1) is 11.3 Å². The second kappa shape index (κ2) is 11.1. The molecule has 2 unspecified atom stereocenters. The van der Waals surface area contributed by atoms with Crippen molar-refractivity contribution in [2.45, 2.75) is 63.0 Å². The Morgan fingerprint density at radius 2 is 1.98 bits per heavy atom. The number of thiazole rings is 1. The molecule has 2 aliphatic rings. The minimum absolute atomic E-state index is 0.0262. The molecule has 2 aromatic heterocycles. The molecule has 2 aromatic rings. The molecule has 0 radical (unpaired) electrons. The Hall–Kier alpha value is -3.05. The number of likely N-dealkylation sites (tertiary alicyclic amines) is 1. The third-order valence-electron chi connectivity index (χ3n) is 6.45. The molecule has 4 atom stereocenters. The van der Waals surface area contributed by atoms with E-state index in [-0.39, 0.29) is 18.1 Å². The second-order valence-corrected chi connectivity index (χ2v) is 10.6. The summed E-state index contributed by atoms with van der Waals surface area (Å²) in [7, 11) is 0. The molecular formula is C23H24F7N5O4S. The first kappa shape index (κ1) is 29.9. The van der Waals surface area contributed by atoms with E-state index in [9.17, 15) is 45.4 Å². The second-order valence-electron chi connectivity index (χ2n) is 9.59. The molecule has 2 amide bonds. The minimum atomic E-state index is -4.70. The highest BCUT2D eigenvalue weighted by molar-refractivity contribution is 7.17. The molecule has 9 nitrogen and oxygen atoms in total. The zero-order valence-electron chi connectivity index (χ0n) is 20.9. The van der Waals surface area contributed by atoms with E-state index in [1.54, 1.807) is 0 Å². The number of aromatic nitrogens is 2. The molecule has 4 heterocycles. The lowest BCUT2D eigenvalue weighted by Crippen LogP contribution is -2.42. The molecule has 40 heavy (non-hydrogen) atoms. The lowest BCUT2D eigenvalue weighted by Gasteiger charge is -2.21. The summed E-state index contributed by atoms with van der Waals surface area (Å²) in [4.78, 5) is 34.5. The maximum absolute atomic E-state index is 14.1. The Morgan fingerprint density at radius 1 is 1.27 bits per heavy atom. The average Bonchev–Trinajstić information content (AvgIpc) is 3.54. The lowest BCUT2D eigenvalue weighted by molar-refractivity contribution is -0.138. The van der Waals surface area contributed by atoms with E-state index in [2.05, 4.69) is 15.3 Å². The quantitative estimate of drug-likeness (QED) is 0.414. The van der Waals surface area contributed by atoms with Crippen molar-refractivity contribution in [3.8, 4) is 10.4 Å². The zero-order chi connectivity index (χ0) is 29.6. The van der Waals surface area contributed by atoms with Gasteiger partial charge in [0, 0.05) is 29.8 Å². The van der Waals surface area contributed by atoms with Gasteiger partial charge in [0.1, 0.15) is 17.6 Å². The van der Waals surface area contributed by atoms with Gasteiger partial charge in [-0.2, -0.15) is 13.2 Å². The number of pyridine rings is 1. The number of nitrogens with one attached hydrogen (secondary N) is 2. The van der Waals surface area contributed by atoms with E-state index >= 15 is 0 Å². The average molecular weight is 600 g/mol. The van der Waals surface area contributed by atoms with Gasteiger partial charge in [-0.1, -0.05) is 0 Å². The summed E-state index contributed by atoms with van der Waals surface area (Å²) in [6.07, 6.45) is -8.84. The first-order valence-corrected chi connectivity index (χ1v) is 12.8.